The van der Waals surface area contributed by atoms with E-state index in [0.717, 1.165) is 28.8 Å². The predicted octanol–water partition coefficient (Wildman–Crippen LogP) is 3.15. The van der Waals surface area contributed by atoms with Crippen molar-refractivity contribution in [3.63, 3.8) is 0 Å². The first kappa shape index (κ1) is 19.9. The maximum atomic E-state index is 12.2. The van der Waals surface area contributed by atoms with Gasteiger partial charge < -0.3 is 4.74 Å². The minimum Gasteiger partial charge on any atom is -0.494 e. The SMILES string of the molecule is CCOc1ccccc1C1CC(c2ccc(NS(C)(=O)=O)cc2)=NN1C(C)=O. The monoisotopic (exact) mass is 401 g/mol. The van der Waals surface area contributed by atoms with Crippen LogP contribution in [0, 0.1) is 0 Å². The van der Waals surface area contributed by atoms with Crippen molar-refractivity contribution in [1.29, 1.82) is 0 Å². The number of ether oxygens (including phenoxy) is 1. The lowest BCUT2D eigenvalue weighted by Crippen LogP contribution is -2.24. The van der Waals surface area contributed by atoms with Gasteiger partial charge >= 0.3 is 0 Å². The summed E-state index contributed by atoms with van der Waals surface area (Å²) in [4.78, 5) is 12.2. The molecule has 0 radical (unpaired) electrons. The lowest BCUT2D eigenvalue weighted by atomic mass is 9.97. The molecule has 7 nitrogen and oxygen atoms in total. The van der Waals surface area contributed by atoms with E-state index >= 15 is 0 Å². The summed E-state index contributed by atoms with van der Waals surface area (Å²) < 4.78 is 30.9. The molecule has 1 heterocycles. The van der Waals surface area contributed by atoms with E-state index in [1.165, 1.54) is 11.9 Å². The van der Waals surface area contributed by atoms with Crippen LogP contribution < -0.4 is 9.46 Å². The highest BCUT2D eigenvalue weighted by Gasteiger charge is 2.33. The van der Waals surface area contributed by atoms with Crippen molar-refractivity contribution in [2.45, 2.75) is 26.3 Å². The zero-order valence-electron chi connectivity index (χ0n) is 16.0. The molecule has 0 saturated heterocycles. The van der Waals surface area contributed by atoms with E-state index in [2.05, 4.69) is 9.82 Å². The Hall–Kier alpha value is -2.87. The highest BCUT2D eigenvalue weighted by molar-refractivity contribution is 7.92. The number of anilines is 1. The van der Waals surface area contributed by atoms with Gasteiger partial charge in [-0.05, 0) is 30.7 Å². The van der Waals surface area contributed by atoms with Gasteiger partial charge in [0.1, 0.15) is 5.75 Å². The molecule has 2 aromatic rings. The normalized spacial score (nSPS) is 16.6. The van der Waals surface area contributed by atoms with Gasteiger partial charge in [-0.3, -0.25) is 9.52 Å². The van der Waals surface area contributed by atoms with Gasteiger partial charge in [-0.2, -0.15) is 5.10 Å². The van der Waals surface area contributed by atoms with Crippen molar-refractivity contribution in [2.24, 2.45) is 5.10 Å². The zero-order valence-corrected chi connectivity index (χ0v) is 16.9. The van der Waals surface area contributed by atoms with Gasteiger partial charge in [0.05, 0.1) is 24.6 Å². The largest absolute Gasteiger partial charge is 0.494 e. The van der Waals surface area contributed by atoms with E-state index in [1.807, 2.05) is 31.2 Å². The fourth-order valence-electron chi connectivity index (χ4n) is 3.20. The molecule has 28 heavy (non-hydrogen) atoms. The van der Waals surface area contributed by atoms with Crippen LogP contribution in [-0.4, -0.2) is 37.9 Å². The van der Waals surface area contributed by atoms with E-state index in [1.54, 1.807) is 24.3 Å². The van der Waals surface area contributed by atoms with Crippen molar-refractivity contribution >= 4 is 27.3 Å². The van der Waals surface area contributed by atoms with Crippen LogP contribution in [0.1, 0.15) is 37.4 Å². The van der Waals surface area contributed by atoms with E-state index in [4.69, 9.17) is 4.74 Å². The first-order valence-corrected chi connectivity index (χ1v) is 10.8. The third kappa shape index (κ3) is 4.51. The Morgan fingerprint density at radius 1 is 1.21 bits per heavy atom. The van der Waals surface area contributed by atoms with E-state index in [9.17, 15) is 13.2 Å². The molecule has 0 aromatic heterocycles. The molecule has 148 valence electrons. The van der Waals surface area contributed by atoms with Gasteiger partial charge in [-0.1, -0.05) is 30.3 Å². The third-order valence-electron chi connectivity index (χ3n) is 4.33. The Bertz CT molecular complexity index is 1000. The van der Waals surface area contributed by atoms with Crippen LogP contribution in [0.3, 0.4) is 0 Å². The number of para-hydroxylation sites is 1. The van der Waals surface area contributed by atoms with Crippen molar-refractivity contribution in [2.75, 3.05) is 17.6 Å². The number of hydrogen-bond acceptors (Lipinski definition) is 5. The fourth-order valence-corrected chi connectivity index (χ4v) is 3.77. The average molecular weight is 401 g/mol. The molecule has 0 aliphatic carbocycles. The van der Waals surface area contributed by atoms with Gasteiger partial charge in [0.15, 0.2) is 0 Å². The minimum atomic E-state index is -3.33. The van der Waals surface area contributed by atoms with Crippen LogP contribution in [0.5, 0.6) is 5.75 Å². The van der Waals surface area contributed by atoms with Gasteiger partial charge in [0, 0.05) is 24.6 Å². The Labute approximate surface area is 165 Å². The van der Waals surface area contributed by atoms with Crippen molar-refractivity contribution in [3.8, 4) is 5.75 Å². The number of carbonyl (C=O) groups is 1. The van der Waals surface area contributed by atoms with Crippen LogP contribution in [-0.2, 0) is 14.8 Å². The second-order valence-electron chi connectivity index (χ2n) is 6.55. The van der Waals surface area contributed by atoms with Crippen LogP contribution in [0.25, 0.3) is 0 Å². The molecule has 0 saturated carbocycles. The van der Waals surface area contributed by atoms with Crippen LogP contribution >= 0.6 is 0 Å². The maximum absolute atomic E-state index is 12.2. The number of carbonyl (C=O) groups excluding carboxylic acids is 1. The van der Waals surface area contributed by atoms with E-state index in [0.29, 0.717) is 18.7 Å². The lowest BCUT2D eigenvalue weighted by Gasteiger charge is -2.22. The standard InChI is InChI=1S/C20H23N3O4S/c1-4-27-20-8-6-5-7-17(20)19-13-18(21-23(19)14(2)24)15-9-11-16(12-10-15)22-28(3,25)26/h5-12,19,22H,4,13H2,1-3H3. The number of amides is 1. The van der Waals surface area contributed by atoms with Crippen LogP contribution in [0.2, 0.25) is 0 Å². The summed E-state index contributed by atoms with van der Waals surface area (Å²) >= 11 is 0. The number of nitrogens with one attached hydrogen (secondary N) is 1. The smallest absolute Gasteiger partial charge is 0.240 e. The van der Waals surface area contributed by atoms with Crippen LogP contribution in [0.4, 0.5) is 5.69 Å². The van der Waals surface area contributed by atoms with E-state index in [-0.39, 0.29) is 11.9 Å². The molecule has 1 N–H and O–H groups in total. The zero-order chi connectivity index (χ0) is 20.3. The summed E-state index contributed by atoms with van der Waals surface area (Å²) in [5.74, 6) is 0.590. The second kappa shape index (κ2) is 8.02. The van der Waals surface area contributed by atoms with Crippen LogP contribution in [0.15, 0.2) is 53.6 Å². The van der Waals surface area contributed by atoms with Crippen molar-refractivity contribution < 1.29 is 17.9 Å². The summed E-state index contributed by atoms with van der Waals surface area (Å²) in [6.07, 6.45) is 1.65. The number of benzene rings is 2. The maximum Gasteiger partial charge on any atom is 0.240 e. The number of hydrogen-bond donors (Lipinski definition) is 1. The molecule has 1 aliphatic heterocycles. The minimum absolute atomic E-state index is 0.151. The molecule has 1 amide bonds. The number of hydrazone groups is 1. The Balaban J connectivity index is 1.89. The van der Waals surface area contributed by atoms with Crippen molar-refractivity contribution in [3.05, 3.63) is 59.7 Å². The Morgan fingerprint density at radius 2 is 1.89 bits per heavy atom. The molecule has 1 unspecified atom stereocenters. The highest BCUT2D eigenvalue weighted by Crippen LogP contribution is 2.37. The third-order valence-corrected chi connectivity index (χ3v) is 4.94. The topological polar surface area (TPSA) is 88.1 Å². The Morgan fingerprint density at radius 3 is 2.50 bits per heavy atom. The molecule has 1 atom stereocenters. The average Bonchev–Trinajstić information content (AvgIpc) is 3.07. The lowest BCUT2D eigenvalue weighted by molar-refractivity contribution is -0.130. The fraction of sp³-hybridized carbons (Fsp3) is 0.300. The molecular weight excluding hydrogens is 378 g/mol. The Kier molecular flexibility index (Phi) is 5.69. The summed E-state index contributed by atoms with van der Waals surface area (Å²) in [6, 6.07) is 14.4. The highest BCUT2D eigenvalue weighted by atomic mass is 32.2. The molecule has 0 bridgehead atoms. The first-order chi connectivity index (χ1) is 13.3. The van der Waals surface area contributed by atoms with Gasteiger partial charge in [-0.25, -0.2) is 13.4 Å². The predicted molar refractivity (Wildman–Crippen MR) is 109 cm³/mol. The number of sulfonamides is 1. The summed E-state index contributed by atoms with van der Waals surface area (Å²) in [5.41, 5.74) is 2.99. The van der Waals surface area contributed by atoms with E-state index < -0.39 is 10.0 Å². The number of rotatable bonds is 6. The summed E-state index contributed by atoms with van der Waals surface area (Å²) in [7, 11) is -3.33. The molecule has 0 spiro atoms. The molecule has 0 fully saturated rings. The molecule has 2 aromatic carbocycles. The second-order valence-corrected chi connectivity index (χ2v) is 8.30. The molecule has 8 heteroatoms. The summed E-state index contributed by atoms with van der Waals surface area (Å²) in [6.45, 7) is 3.94. The summed E-state index contributed by atoms with van der Waals surface area (Å²) in [5, 5.41) is 6.01. The quantitative estimate of drug-likeness (QED) is 0.805. The van der Waals surface area contributed by atoms with Gasteiger partial charge in [0.2, 0.25) is 15.9 Å². The van der Waals surface area contributed by atoms with Gasteiger partial charge in [-0.15, -0.1) is 0 Å². The van der Waals surface area contributed by atoms with Crippen molar-refractivity contribution in [1.82, 2.24) is 5.01 Å². The first-order valence-electron chi connectivity index (χ1n) is 8.95. The van der Waals surface area contributed by atoms with Gasteiger partial charge in [0.25, 0.3) is 0 Å². The molecule has 1 aliphatic rings. The molecular formula is C20H23N3O4S. The molecule has 3 rings (SSSR count). The number of nitrogens with zero attached hydrogens (tertiary/aromatic N) is 2.